The molecule has 1 amide bonds. The number of aromatic carboxylic acids is 2. The Morgan fingerprint density at radius 1 is 0.564 bits per heavy atom. The van der Waals surface area contributed by atoms with Crippen LogP contribution in [0, 0.1) is 0 Å². The van der Waals surface area contributed by atoms with E-state index in [1.807, 2.05) is 18.2 Å². The molecular formula is C29H25N3O7. The van der Waals surface area contributed by atoms with Gasteiger partial charge in [0.05, 0.1) is 35.7 Å². The number of carbonyl (C=O) groups excluding carboxylic acids is 1. The molecule has 0 atom stereocenters. The number of benzene rings is 4. The van der Waals surface area contributed by atoms with Gasteiger partial charge in [-0.05, 0) is 71.8 Å². The molecule has 0 heterocycles. The number of carboxylic acid groups (broad SMARTS) is 2. The molecule has 5 N–H and O–H groups in total. The van der Waals surface area contributed by atoms with Crippen molar-refractivity contribution in [1.82, 2.24) is 0 Å². The quantitative estimate of drug-likeness (QED) is 0.152. The molecule has 0 unspecified atom stereocenters. The van der Waals surface area contributed by atoms with Gasteiger partial charge in [-0.3, -0.25) is 25.4 Å². The molecule has 0 fully saturated rings. The summed E-state index contributed by atoms with van der Waals surface area (Å²) in [5.74, 6) is -2.43. The molecule has 4 rings (SSSR count). The lowest BCUT2D eigenvalue weighted by molar-refractivity contribution is 0.0686. The van der Waals surface area contributed by atoms with Crippen LogP contribution in [0.3, 0.4) is 0 Å². The maximum atomic E-state index is 13.0. The lowest BCUT2D eigenvalue weighted by atomic mass is 10.1. The maximum absolute atomic E-state index is 13.0. The first-order valence-corrected chi connectivity index (χ1v) is 11.8. The second-order valence-corrected chi connectivity index (χ2v) is 8.41. The van der Waals surface area contributed by atoms with E-state index in [0.29, 0.717) is 33.8 Å². The van der Waals surface area contributed by atoms with Gasteiger partial charge < -0.3 is 15.5 Å². The fourth-order valence-corrected chi connectivity index (χ4v) is 3.62. The molecule has 10 heteroatoms. The van der Waals surface area contributed by atoms with Crippen LogP contribution < -0.4 is 16.3 Å². The van der Waals surface area contributed by atoms with Gasteiger partial charge in [0.2, 0.25) is 0 Å². The number of amides is 1. The highest BCUT2D eigenvalue weighted by atomic mass is 16.6. The van der Waals surface area contributed by atoms with Gasteiger partial charge in [0.25, 0.3) is 5.91 Å². The smallest absolute Gasteiger partial charge is 0.335 e. The SMILES string of the molecule is O=C(O)c1cccc(NOCc2cc(CONc3cccc(C(=O)O)c3)cc(C(=O)Nc3ccccc3)c2)c1. The van der Waals surface area contributed by atoms with E-state index in [-0.39, 0.29) is 30.2 Å². The van der Waals surface area contributed by atoms with Gasteiger partial charge in [-0.1, -0.05) is 36.4 Å². The summed E-state index contributed by atoms with van der Waals surface area (Å²) >= 11 is 0. The van der Waals surface area contributed by atoms with Crippen LogP contribution >= 0.6 is 0 Å². The van der Waals surface area contributed by atoms with E-state index in [4.69, 9.17) is 19.9 Å². The van der Waals surface area contributed by atoms with Crippen LogP contribution in [0.15, 0.2) is 97.1 Å². The Hall–Kier alpha value is -5.19. The van der Waals surface area contributed by atoms with Gasteiger partial charge >= 0.3 is 11.9 Å². The second kappa shape index (κ2) is 12.9. The molecule has 0 radical (unpaired) electrons. The normalized spacial score (nSPS) is 10.5. The molecule has 0 saturated carbocycles. The Kier molecular flexibility index (Phi) is 8.86. The number of carbonyl (C=O) groups is 3. The van der Waals surface area contributed by atoms with E-state index in [9.17, 15) is 14.4 Å². The lowest BCUT2D eigenvalue weighted by Gasteiger charge is -2.13. The number of rotatable bonds is 12. The van der Waals surface area contributed by atoms with Crippen molar-refractivity contribution in [2.24, 2.45) is 0 Å². The standard InChI is InChI=1S/C29H25N3O7/c33-27(30-24-8-2-1-3-9-24)23-13-19(17-38-31-25-10-4-6-21(15-25)28(34)35)12-20(14-23)18-39-32-26-11-5-7-22(16-26)29(36)37/h1-16,31-32H,17-18H2,(H,30,33)(H,34,35)(H,36,37). The van der Waals surface area contributed by atoms with Crippen molar-refractivity contribution in [3.8, 4) is 0 Å². The minimum atomic E-state index is -1.05. The van der Waals surface area contributed by atoms with E-state index < -0.39 is 11.9 Å². The fraction of sp³-hybridized carbons (Fsp3) is 0.0690. The molecule has 0 aliphatic heterocycles. The zero-order valence-electron chi connectivity index (χ0n) is 20.6. The van der Waals surface area contributed by atoms with E-state index in [1.54, 1.807) is 54.6 Å². The first-order valence-electron chi connectivity index (χ1n) is 11.8. The topological polar surface area (TPSA) is 146 Å². The second-order valence-electron chi connectivity index (χ2n) is 8.41. The Labute approximate surface area is 223 Å². The van der Waals surface area contributed by atoms with E-state index in [2.05, 4.69) is 16.3 Å². The summed E-state index contributed by atoms with van der Waals surface area (Å²) in [6.07, 6.45) is 0. The summed E-state index contributed by atoms with van der Waals surface area (Å²) in [7, 11) is 0. The highest BCUT2D eigenvalue weighted by Gasteiger charge is 2.11. The van der Waals surface area contributed by atoms with Gasteiger partial charge in [-0.25, -0.2) is 9.59 Å². The van der Waals surface area contributed by atoms with Crippen LogP contribution in [-0.4, -0.2) is 28.1 Å². The largest absolute Gasteiger partial charge is 0.478 e. The Bertz CT molecular complexity index is 1390. The van der Waals surface area contributed by atoms with Crippen molar-refractivity contribution >= 4 is 34.9 Å². The average molecular weight is 528 g/mol. The van der Waals surface area contributed by atoms with Gasteiger partial charge in [0.1, 0.15) is 0 Å². The molecule has 0 aliphatic rings. The third-order valence-corrected chi connectivity index (χ3v) is 5.42. The van der Waals surface area contributed by atoms with Crippen LogP contribution in [0.25, 0.3) is 0 Å². The zero-order valence-corrected chi connectivity index (χ0v) is 20.6. The summed E-state index contributed by atoms with van der Waals surface area (Å²) in [6, 6.07) is 26.5. The van der Waals surface area contributed by atoms with Gasteiger partial charge in [-0.2, -0.15) is 0 Å². The van der Waals surface area contributed by atoms with Crippen LogP contribution in [0.2, 0.25) is 0 Å². The van der Waals surface area contributed by atoms with E-state index in [1.165, 1.54) is 24.3 Å². The molecule has 198 valence electrons. The molecule has 0 aliphatic carbocycles. The maximum Gasteiger partial charge on any atom is 0.335 e. The highest BCUT2D eigenvalue weighted by molar-refractivity contribution is 6.04. The molecule has 0 bridgehead atoms. The Morgan fingerprint density at radius 3 is 1.54 bits per heavy atom. The number of carboxylic acids is 2. The summed E-state index contributed by atoms with van der Waals surface area (Å²) < 4.78 is 0. The summed E-state index contributed by atoms with van der Waals surface area (Å²) in [6.45, 7) is 0.121. The highest BCUT2D eigenvalue weighted by Crippen LogP contribution is 2.18. The average Bonchev–Trinajstić information content (AvgIpc) is 2.94. The molecule has 10 nitrogen and oxygen atoms in total. The first kappa shape index (κ1) is 26.9. The molecular weight excluding hydrogens is 502 g/mol. The third-order valence-electron chi connectivity index (χ3n) is 5.42. The lowest BCUT2D eigenvalue weighted by Crippen LogP contribution is -2.13. The van der Waals surface area contributed by atoms with Crippen molar-refractivity contribution in [2.45, 2.75) is 13.2 Å². The molecule has 39 heavy (non-hydrogen) atoms. The van der Waals surface area contributed by atoms with E-state index in [0.717, 1.165) is 0 Å². The monoisotopic (exact) mass is 527 g/mol. The number of nitrogens with one attached hydrogen (secondary N) is 3. The number of anilines is 3. The predicted molar refractivity (Wildman–Crippen MR) is 144 cm³/mol. The van der Waals surface area contributed by atoms with Crippen LogP contribution in [-0.2, 0) is 22.9 Å². The summed E-state index contributed by atoms with van der Waals surface area (Å²) in [5, 5.41) is 21.2. The molecule has 0 saturated heterocycles. The van der Waals surface area contributed by atoms with Crippen molar-refractivity contribution < 1.29 is 34.3 Å². The predicted octanol–water partition coefficient (Wildman–Crippen LogP) is 5.42. The third kappa shape index (κ3) is 7.89. The number of hydrogen-bond acceptors (Lipinski definition) is 7. The molecule has 4 aromatic carbocycles. The van der Waals surface area contributed by atoms with Crippen LogP contribution in [0.4, 0.5) is 17.1 Å². The van der Waals surface area contributed by atoms with E-state index >= 15 is 0 Å². The summed E-state index contributed by atoms with van der Waals surface area (Å²) in [4.78, 5) is 46.5. The van der Waals surface area contributed by atoms with Crippen LogP contribution in [0.1, 0.15) is 42.2 Å². The van der Waals surface area contributed by atoms with Gasteiger partial charge in [0.15, 0.2) is 0 Å². The minimum Gasteiger partial charge on any atom is -0.478 e. The minimum absolute atomic E-state index is 0.0604. The fourth-order valence-electron chi connectivity index (χ4n) is 3.62. The first-order chi connectivity index (χ1) is 18.9. The van der Waals surface area contributed by atoms with Gasteiger partial charge in [0, 0.05) is 11.3 Å². The molecule has 4 aromatic rings. The summed E-state index contributed by atoms with van der Waals surface area (Å²) in [5.41, 5.74) is 8.92. The van der Waals surface area contributed by atoms with Crippen molar-refractivity contribution in [2.75, 3.05) is 16.3 Å². The van der Waals surface area contributed by atoms with Crippen LogP contribution in [0.5, 0.6) is 0 Å². The Balaban J connectivity index is 1.46. The zero-order chi connectivity index (χ0) is 27.6. The molecule has 0 aromatic heterocycles. The van der Waals surface area contributed by atoms with Crippen molar-refractivity contribution in [3.05, 3.63) is 125 Å². The Morgan fingerprint density at radius 2 is 1.05 bits per heavy atom. The van der Waals surface area contributed by atoms with Crippen molar-refractivity contribution in [1.29, 1.82) is 0 Å². The van der Waals surface area contributed by atoms with Gasteiger partial charge in [-0.15, -0.1) is 0 Å². The molecule has 0 spiro atoms. The number of hydrogen-bond donors (Lipinski definition) is 5. The number of para-hydroxylation sites is 1. The van der Waals surface area contributed by atoms with Crippen molar-refractivity contribution in [3.63, 3.8) is 0 Å².